The molecule has 0 radical (unpaired) electrons. The number of nitrogens with one attached hydrogen (secondary N) is 2. The first-order valence-corrected chi connectivity index (χ1v) is 8.48. The predicted octanol–water partition coefficient (Wildman–Crippen LogP) is 2.54. The van der Waals surface area contributed by atoms with E-state index < -0.39 is 0 Å². The van der Waals surface area contributed by atoms with Crippen molar-refractivity contribution in [2.45, 2.75) is 44.9 Å². The van der Waals surface area contributed by atoms with Gasteiger partial charge in [0, 0.05) is 19.3 Å². The smallest absolute Gasteiger partial charge is 0.252 e. The minimum atomic E-state index is -0.0663. The van der Waals surface area contributed by atoms with Crippen LogP contribution in [0.15, 0.2) is 18.3 Å². The van der Waals surface area contributed by atoms with Gasteiger partial charge in [-0.1, -0.05) is 19.3 Å². The molecule has 4 N–H and O–H groups in total. The number of amides is 1. The van der Waals surface area contributed by atoms with Crippen LogP contribution in [0.1, 0.15) is 55.3 Å². The number of hydrogen-bond acceptors (Lipinski definition) is 4. The van der Waals surface area contributed by atoms with Gasteiger partial charge < -0.3 is 16.4 Å². The quantitative estimate of drug-likeness (QED) is 0.645. The molecule has 0 saturated heterocycles. The third-order valence-corrected chi connectivity index (χ3v) is 4.24. The zero-order chi connectivity index (χ0) is 15.6. The van der Waals surface area contributed by atoms with Crippen molar-refractivity contribution in [1.82, 2.24) is 10.3 Å². The number of carbonyl (C=O) groups is 1. The minimum Gasteiger partial charge on any atom is -0.370 e. The second kappa shape index (κ2) is 9.41. The Labute approximate surface area is 133 Å². The van der Waals surface area contributed by atoms with E-state index in [0.717, 1.165) is 31.1 Å². The second-order valence-electron chi connectivity index (χ2n) is 6.07. The molecule has 1 aromatic rings. The zero-order valence-corrected chi connectivity index (χ0v) is 13.3. The van der Waals surface area contributed by atoms with E-state index >= 15 is 0 Å². The van der Waals surface area contributed by atoms with Gasteiger partial charge in [0.1, 0.15) is 5.82 Å². The van der Waals surface area contributed by atoms with Gasteiger partial charge >= 0.3 is 0 Å². The summed E-state index contributed by atoms with van der Waals surface area (Å²) in [6.45, 7) is 2.31. The van der Waals surface area contributed by atoms with E-state index in [2.05, 4.69) is 15.6 Å². The molecule has 1 heterocycles. The van der Waals surface area contributed by atoms with Gasteiger partial charge in [-0.15, -0.1) is 0 Å². The topological polar surface area (TPSA) is 80.0 Å². The van der Waals surface area contributed by atoms with Crippen LogP contribution < -0.4 is 16.4 Å². The van der Waals surface area contributed by atoms with Crippen LogP contribution in [0.25, 0.3) is 0 Å². The second-order valence-corrected chi connectivity index (χ2v) is 6.07. The summed E-state index contributed by atoms with van der Waals surface area (Å²) in [6.07, 6.45) is 10.2. The Hall–Kier alpha value is -1.62. The summed E-state index contributed by atoms with van der Waals surface area (Å²) in [5, 5.41) is 6.27. The molecule has 0 bridgehead atoms. The van der Waals surface area contributed by atoms with E-state index in [1.807, 2.05) is 12.1 Å². The van der Waals surface area contributed by atoms with Gasteiger partial charge in [0.15, 0.2) is 0 Å². The van der Waals surface area contributed by atoms with Gasteiger partial charge in [-0.25, -0.2) is 4.98 Å². The van der Waals surface area contributed by atoms with Gasteiger partial charge in [-0.05, 0) is 50.3 Å². The summed E-state index contributed by atoms with van der Waals surface area (Å²) in [4.78, 5) is 16.3. The van der Waals surface area contributed by atoms with E-state index in [4.69, 9.17) is 5.73 Å². The molecule has 0 aliphatic heterocycles. The Morgan fingerprint density at radius 1 is 1.23 bits per heavy atom. The monoisotopic (exact) mass is 304 g/mol. The van der Waals surface area contributed by atoms with Crippen molar-refractivity contribution in [3.8, 4) is 0 Å². The third-order valence-electron chi connectivity index (χ3n) is 4.24. The van der Waals surface area contributed by atoms with Gasteiger partial charge in [-0.2, -0.15) is 0 Å². The lowest BCUT2D eigenvalue weighted by Gasteiger charge is -2.21. The number of carbonyl (C=O) groups excluding carboxylic acids is 1. The van der Waals surface area contributed by atoms with Crippen LogP contribution in [0, 0.1) is 5.92 Å². The molecular weight excluding hydrogens is 276 g/mol. The van der Waals surface area contributed by atoms with E-state index in [9.17, 15) is 4.79 Å². The SMILES string of the molecule is NCCCCNC(=O)c1ccc(NCC2CCCCC2)nc1. The maximum atomic E-state index is 11.9. The van der Waals surface area contributed by atoms with E-state index in [0.29, 0.717) is 18.7 Å². The number of pyridine rings is 1. The number of unbranched alkanes of at least 4 members (excludes halogenated alkanes) is 1. The lowest BCUT2D eigenvalue weighted by Crippen LogP contribution is -2.25. The number of anilines is 1. The molecule has 0 atom stereocenters. The Bertz CT molecular complexity index is 440. The lowest BCUT2D eigenvalue weighted by molar-refractivity contribution is 0.0952. The van der Waals surface area contributed by atoms with E-state index in [1.54, 1.807) is 6.20 Å². The fourth-order valence-electron chi connectivity index (χ4n) is 2.85. The van der Waals surface area contributed by atoms with E-state index in [1.165, 1.54) is 32.1 Å². The van der Waals surface area contributed by atoms with Crippen LogP contribution in [-0.2, 0) is 0 Å². The molecule has 1 amide bonds. The average Bonchev–Trinajstić information content (AvgIpc) is 2.58. The fourth-order valence-corrected chi connectivity index (χ4v) is 2.85. The molecule has 1 aliphatic carbocycles. The Balaban J connectivity index is 1.73. The average molecular weight is 304 g/mol. The first-order chi connectivity index (χ1) is 10.8. The lowest BCUT2D eigenvalue weighted by atomic mass is 9.89. The zero-order valence-electron chi connectivity index (χ0n) is 13.3. The third kappa shape index (κ3) is 5.64. The van der Waals surface area contributed by atoms with Gasteiger partial charge in [0.2, 0.25) is 0 Å². The molecule has 0 unspecified atom stereocenters. The summed E-state index contributed by atoms with van der Waals surface area (Å²) < 4.78 is 0. The molecule has 5 nitrogen and oxygen atoms in total. The standard InChI is InChI=1S/C17H28N4O/c18-10-4-5-11-19-17(22)15-8-9-16(21-13-15)20-12-14-6-2-1-3-7-14/h8-9,13-14H,1-7,10-12,18H2,(H,19,22)(H,20,21). The number of nitrogens with two attached hydrogens (primary N) is 1. The number of rotatable bonds is 8. The summed E-state index contributed by atoms with van der Waals surface area (Å²) in [5.41, 5.74) is 6.03. The van der Waals surface area contributed by atoms with Crippen LogP contribution in [0.4, 0.5) is 5.82 Å². The molecule has 2 rings (SSSR count). The molecule has 1 fully saturated rings. The van der Waals surface area contributed by atoms with Gasteiger partial charge in [0.25, 0.3) is 5.91 Å². The Morgan fingerprint density at radius 2 is 2.05 bits per heavy atom. The van der Waals surface area contributed by atoms with Crippen molar-refractivity contribution in [2.24, 2.45) is 11.7 Å². The molecule has 1 aromatic heterocycles. The van der Waals surface area contributed by atoms with E-state index in [-0.39, 0.29) is 5.91 Å². The fraction of sp³-hybridized carbons (Fsp3) is 0.647. The predicted molar refractivity (Wildman–Crippen MR) is 89.9 cm³/mol. The van der Waals surface area contributed by atoms with Gasteiger partial charge in [-0.3, -0.25) is 4.79 Å². The van der Waals surface area contributed by atoms with Crippen LogP contribution in [0.5, 0.6) is 0 Å². The maximum Gasteiger partial charge on any atom is 0.252 e. The van der Waals surface area contributed by atoms with Crippen LogP contribution in [0.2, 0.25) is 0 Å². The van der Waals surface area contributed by atoms with Crippen molar-refractivity contribution in [3.63, 3.8) is 0 Å². The molecule has 1 aliphatic rings. The molecular formula is C17H28N4O. The Kier molecular flexibility index (Phi) is 7.16. The number of aromatic nitrogens is 1. The minimum absolute atomic E-state index is 0.0663. The van der Waals surface area contributed by atoms with Crippen molar-refractivity contribution in [1.29, 1.82) is 0 Å². The molecule has 22 heavy (non-hydrogen) atoms. The molecule has 122 valence electrons. The molecule has 0 aromatic carbocycles. The summed E-state index contributed by atoms with van der Waals surface area (Å²) in [5.74, 6) is 1.55. The summed E-state index contributed by atoms with van der Waals surface area (Å²) in [7, 11) is 0. The largest absolute Gasteiger partial charge is 0.370 e. The normalized spacial score (nSPS) is 15.5. The van der Waals surface area contributed by atoms with Crippen molar-refractivity contribution < 1.29 is 4.79 Å². The highest BCUT2D eigenvalue weighted by Crippen LogP contribution is 2.23. The molecule has 0 spiro atoms. The molecule has 5 heteroatoms. The molecule has 1 saturated carbocycles. The highest BCUT2D eigenvalue weighted by Gasteiger charge is 2.13. The van der Waals surface area contributed by atoms with Crippen LogP contribution >= 0.6 is 0 Å². The highest BCUT2D eigenvalue weighted by atomic mass is 16.1. The van der Waals surface area contributed by atoms with Crippen molar-refractivity contribution >= 4 is 11.7 Å². The van der Waals surface area contributed by atoms with Crippen LogP contribution in [-0.4, -0.2) is 30.5 Å². The summed E-state index contributed by atoms with van der Waals surface area (Å²) in [6, 6.07) is 3.71. The highest BCUT2D eigenvalue weighted by molar-refractivity contribution is 5.93. The first-order valence-electron chi connectivity index (χ1n) is 8.48. The Morgan fingerprint density at radius 3 is 2.73 bits per heavy atom. The summed E-state index contributed by atoms with van der Waals surface area (Å²) >= 11 is 0. The van der Waals surface area contributed by atoms with Gasteiger partial charge in [0.05, 0.1) is 5.56 Å². The number of nitrogens with zero attached hydrogens (tertiary/aromatic N) is 1. The number of hydrogen-bond donors (Lipinski definition) is 3. The maximum absolute atomic E-state index is 11.9. The van der Waals surface area contributed by atoms with Crippen molar-refractivity contribution in [2.75, 3.05) is 25.0 Å². The van der Waals surface area contributed by atoms with Crippen molar-refractivity contribution in [3.05, 3.63) is 23.9 Å². The first kappa shape index (κ1) is 16.7. The van der Waals surface area contributed by atoms with Crippen LogP contribution in [0.3, 0.4) is 0 Å².